The van der Waals surface area contributed by atoms with Gasteiger partial charge in [0.2, 0.25) is 5.95 Å². The summed E-state index contributed by atoms with van der Waals surface area (Å²) in [7, 11) is 0. The van der Waals surface area contributed by atoms with Crippen LogP contribution in [0, 0.1) is 5.82 Å². The van der Waals surface area contributed by atoms with Gasteiger partial charge in [-0.05, 0) is 24.3 Å². The van der Waals surface area contributed by atoms with Crippen LogP contribution in [0.5, 0.6) is 0 Å². The molecule has 2 heterocycles. The molecule has 2 N–H and O–H groups in total. The summed E-state index contributed by atoms with van der Waals surface area (Å²) in [6.07, 6.45) is 0. The summed E-state index contributed by atoms with van der Waals surface area (Å²) in [5.74, 6) is -0.282. The Balaban J connectivity index is 2.19. The molecule has 0 bridgehead atoms. The third-order valence-electron chi connectivity index (χ3n) is 3.24. The molecule has 0 radical (unpaired) electrons. The minimum absolute atomic E-state index is 0.150. The molecule has 0 spiro atoms. The van der Waals surface area contributed by atoms with Crippen LogP contribution in [-0.4, -0.2) is 18.3 Å². The highest BCUT2D eigenvalue weighted by Crippen LogP contribution is 2.33. The van der Waals surface area contributed by atoms with E-state index in [0.717, 1.165) is 11.7 Å². The summed E-state index contributed by atoms with van der Waals surface area (Å²) < 4.78 is 23.9. The second-order valence-electron chi connectivity index (χ2n) is 4.44. The first kappa shape index (κ1) is 12.5. The maximum absolute atomic E-state index is 13.9. The lowest BCUT2D eigenvalue weighted by Crippen LogP contribution is -2.02. The van der Waals surface area contributed by atoms with E-state index >= 15 is 0 Å². The minimum Gasteiger partial charge on any atom is -0.369 e. The van der Waals surface area contributed by atoms with Crippen LogP contribution in [0.1, 0.15) is 0 Å². The van der Waals surface area contributed by atoms with Crippen molar-refractivity contribution < 1.29 is 4.39 Å². The highest BCUT2D eigenvalue weighted by Gasteiger charge is 2.19. The summed E-state index contributed by atoms with van der Waals surface area (Å²) in [6, 6.07) is 8.16. The highest BCUT2D eigenvalue weighted by molar-refractivity contribution is 7.00. The van der Waals surface area contributed by atoms with Gasteiger partial charge >= 0.3 is 0 Å². The molecule has 0 aliphatic rings. The number of nitrogens with zero attached hydrogens (tertiary/aromatic N) is 4. The lowest BCUT2D eigenvalue weighted by Gasteiger charge is -2.09. The summed E-state index contributed by atoms with van der Waals surface area (Å²) in [6.45, 7) is 0. The first-order valence-electron chi connectivity index (χ1n) is 6.00. The van der Waals surface area contributed by atoms with Crippen molar-refractivity contribution in [3.05, 3.63) is 41.2 Å². The Kier molecular flexibility index (Phi) is 2.60. The first-order chi connectivity index (χ1) is 10.2. The van der Waals surface area contributed by atoms with Crippen LogP contribution < -0.4 is 5.73 Å². The smallest absolute Gasteiger partial charge is 0.206 e. The van der Waals surface area contributed by atoms with Gasteiger partial charge in [-0.3, -0.25) is 4.57 Å². The van der Waals surface area contributed by atoms with Gasteiger partial charge < -0.3 is 5.73 Å². The van der Waals surface area contributed by atoms with Crippen LogP contribution in [0.2, 0.25) is 5.02 Å². The van der Waals surface area contributed by atoms with Crippen LogP contribution in [0.4, 0.5) is 10.3 Å². The Morgan fingerprint density at radius 3 is 2.86 bits per heavy atom. The fourth-order valence-corrected chi connectivity index (χ4v) is 3.12. The van der Waals surface area contributed by atoms with Gasteiger partial charge in [-0.2, -0.15) is 8.75 Å². The van der Waals surface area contributed by atoms with Gasteiger partial charge in [0.25, 0.3) is 0 Å². The van der Waals surface area contributed by atoms with E-state index in [2.05, 4.69) is 13.7 Å². The molecule has 4 rings (SSSR count). The van der Waals surface area contributed by atoms with Crippen LogP contribution in [0.15, 0.2) is 30.3 Å². The Morgan fingerprint density at radius 2 is 2.00 bits per heavy atom. The standard InChI is InChI=1S/C13H7ClFN5S/c14-6-4-5-8-11(19-21-18-8)12(6)20-9-3-1-2-7(15)10(9)17-13(20)16/h1-5H,(H2,16,17). The van der Waals surface area contributed by atoms with E-state index in [1.54, 1.807) is 28.8 Å². The van der Waals surface area contributed by atoms with Gasteiger partial charge in [-0.15, -0.1) is 0 Å². The maximum Gasteiger partial charge on any atom is 0.206 e. The van der Waals surface area contributed by atoms with E-state index < -0.39 is 5.82 Å². The zero-order valence-corrected chi connectivity index (χ0v) is 12.0. The molecule has 0 fully saturated rings. The summed E-state index contributed by atoms with van der Waals surface area (Å²) >= 11 is 7.38. The Hall–Kier alpha value is -2.25. The van der Waals surface area contributed by atoms with E-state index in [9.17, 15) is 4.39 Å². The second kappa shape index (κ2) is 4.37. The molecule has 2 aromatic carbocycles. The molecule has 8 heteroatoms. The number of aromatic nitrogens is 4. The molecular formula is C13H7ClFN5S. The molecule has 0 atom stereocenters. The number of benzene rings is 2. The fraction of sp³-hybridized carbons (Fsp3) is 0. The number of fused-ring (bicyclic) bond motifs is 2. The van der Waals surface area contributed by atoms with Crippen molar-refractivity contribution in [1.29, 1.82) is 0 Å². The third-order valence-corrected chi connectivity index (χ3v) is 4.08. The lowest BCUT2D eigenvalue weighted by atomic mass is 10.2. The molecule has 5 nitrogen and oxygen atoms in total. The number of halogens is 2. The number of nitrogens with two attached hydrogens (primary N) is 1. The average molecular weight is 320 g/mol. The molecule has 0 saturated carbocycles. The number of rotatable bonds is 1. The van der Waals surface area contributed by atoms with Crippen molar-refractivity contribution in [2.24, 2.45) is 0 Å². The maximum atomic E-state index is 13.9. The van der Waals surface area contributed by atoms with Crippen molar-refractivity contribution in [3.63, 3.8) is 0 Å². The van der Waals surface area contributed by atoms with Crippen molar-refractivity contribution in [3.8, 4) is 5.69 Å². The molecule has 4 aromatic rings. The zero-order chi connectivity index (χ0) is 14.6. The number of anilines is 1. The Bertz CT molecular complexity index is 993. The van der Waals surface area contributed by atoms with E-state index in [-0.39, 0.29) is 11.5 Å². The number of nitrogen functional groups attached to an aromatic ring is 1. The predicted octanol–water partition coefficient (Wildman–Crippen LogP) is 3.40. The van der Waals surface area contributed by atoms with Crippen LogP contribution in [0.3, 0.4) is 0 Å². The monoisotopic (exact) mass is 319 g/mol. The highest BCUT2D eigenvalue weighted by atomic mass is 35.5. The molecule has 0 aliphatic heterocycles. The van der Waals surface area contributed by atoms with Gasteiger partial charge in [-0.25, -0.2) is 9.37 Å². The summed E-state index contributed by atoms with van der Waals surface area (Å²) in [5.41, 5.74) is 8.58. The van der Waals surface area contributed by atoms with Gasteiger partial charge in [-0.1, -0.05) is 17.7 Å². The van der Waals surface area contributed by atoms with E-state index in [1.807, 2.05) is 0 Å². The molecule has 0 amide bonds. The topological polar surface area (TPSA) is 69.6 Å². The van der Waals surface area contributed by atoms with Gasteiger partial charge in [0, 0.05) is 0 Å². The van der Waals surface area contributed by atoms with Gasteiger partial charge in [0.05, 0.1) is 28.0 Å². The molecule has 2 aromatic heterocycles. The van der Waals surface area contributed by atoms with Crippen molar-refractivity contribution >= 4 is 51.3 Å². The van der Waals surface area contributed by atoms with Gasteiger partial charge in [0.1, 0.15) is 16.6 Å². The summed E-state index contributed by atoms with van der Waals surface area (Å²) in [5, 5.41) is 0.450. The molecule has 0 aliphatic carbocycles. The molecular weight excluding hydrogens is 313 g/mol. The zero-order valence-electron chi connectivity index (χ0n) is 10.4. The SMILES string of the molecule is Nc1nc2c(F)cccc2n1-c1c(Cl)ccc2nsnc12. The predicted molar refractivity (Wildman–Crippen MR) is 81.4 cm³/mol. The third kappa shape index (κ3) is 1.71. The first-order valence-corrected chi connectivity index (χ1v) is 7.11. The molecule has 104 valence electrons. The number of hydrogen-bond donors (Lipinski definition) is 1. The van der Waals surface area contributed by atoms with E-state index in [4.69, 9.17) is 17.3 Å². The van der Waals surface area contributed by atoms with Crippen LogP contribution >= 0.6 is 23.3 Å². The van der Waals surface area contributed by atoms with Crippen molar-refractivity contribution in [1.82, 2.24) is 18.3 Å². The Morgan fingerprint density at radius 1 is 1.14 bits per heavy atom. The molecule has 21 heavy (non-hydrogen) atoms. The number of hydrogen-bond acceptors (Lipinski definition) is 5. The number of imidazole rings is 1. The summed E-state index contributed by atoms with van der Waals surface area (Å²) in [4.78, 5) is 4.08. The normalized spacial score (nSPS) is 11.5. The van der Waals surface area contributed by atoms with E-state index in [0.29, 0.717) is 27.3 Å². The second-order valence-corrected chi connectivity index (χ2v) is 5.38. The van der Waals surface area contributed by atoms with Gasteiger partial charge in [0.15, 0.2) is 5.82 Å². The van der Waals surface area contributed by atoms with Crippen molar-refractivity contribution in [2.45, 2.75) is 0 Å². The van der Waals surface area contributed by atoms with Crippen molar-refractivity contribution in [2.75, 3.05) is 5.73 Å². The molecule has 0 saturated heterocycles. The molecule has 0 unspecified atom stereocenters. The van der Waals surface area contributed by atoms with E-state index in [1.165, 1.54) is 6.07 Å². The quantitative estimate of drug-likeness (QED) is 0.583. The Labute approximate surface area is 127 Å². The minimum atomic E-state index is -0.433. The largest absolute Gasteiger partial charge is 0.369 e. The number of para-hydroxylation sites is 1. The fourth-order valence-electron chi connectivity index (χ4n) is 2.34. The average Bonchev–Trinajstić information content (AvgIpc) is 3.05. The van der Waals surface area contributed by atoms with Crippen LogP contribution in [-0.2, 0) is 0 Å². The van der Waals surface area contributed by atoms with Crippen LogP contribution in [0.25, 0.3) is 27.8 Å². The lowest BCUT2D eigenvalue weighted by molar-refractivity contribution is 0.637.